The number of carbonyl (C=O) groups is 1. The van der Waals surface area contributed by atoms with Crippen molar-refractivity contribution in [3.63, 3.8) is 0 Å². The molecule has 1 N–H and O–H groups in total. The molecule has 36 heavy (non-hydrogen) atoms. The van der Waals surface area contributed by atoms with Gasteiger partial charge in [-0.05, 0) is 54.6 Å². The van der Waals surface area contributed by atoms with Crippen LogP contribution in [-0.4, -0.2) is 35.4 Å². The Kier molecular flexibility index (Phi) is 5.30. The lowest BCUT2D eigenvalue weighted by Crippen LogP contribution is -2.14. The molecule has 0 bridgehead atoms. The summed E-state index contributed by atoms with van der Waals surface area (Å²) in [6.45, 7) is 0.348. The van der Waals surface area contributed by atoms with Gasteiger partial charge in [-0.15, -0.1) is 0 Å². The molecule has 9 nitrogen and oxygen atoms in total. The van der Waals surface area contributed by atoms with Gasteiger partial charge in [0.05, 0.1) is 29.1 Å². The van der Waals surface area contributed by atoms with E-state index in [1.54, 1.807) is 78.3 Å². The van der Waals surface area contributed by atoms with Gasteiger partial charge in [0, 0.05) is 36.0 Å². The SMILES string of the molecule is O=C(Nc1ccc(-n2cccn2)c(F)c1)c1cc(-c2cccnc2)nc2c1cnn2Cc1ccco1. The summed E-state index contributed by atoms with van der Waals surface area (Å²) in [7, 11) is 0. The van der Waals surface area contributed by atoms with E-state index in [-0.39, 0.29) is 5.69 Å². The average molecular weight is 479 g/mol. The van der Waals surface area contributed by atoms with Crippen molar-refractivity contribution in [3.8, 4) is 16.9 Å². The highest BCUT2D eigenvalue weighted by molar-refractivity contribution is 6.12. The van der Waals surface area contributed by atoms with Crippen molar-refractivity contribution in [1.82, 2.24) is 29.5 Å². The summed E-state index contributed by atoms with van der Waals surface area (Å²) >= 11 is 0. The smallest absolute Gasteiger partial charge is 0.256 e. The molecule has 6 aromatic rings. The first-order valence-corrected chi connectivity index (χ1v) is 11.1. The lowest BCUT2D eigenvalue weighted by molar-refractivity contribution is 0.102. The second-order valence-electron chi connectivity index (χ2n) is 7.99. The maximum absolute atomic E-state index is 14.7. The molecule has 5 aromatic heterocycles. The zero-order valence-electron chi connectivity index (χ0n) is 18.7. The van der Waals surface area contributed by atoms with Crippen molar-refractivity contribution in [2.24, 2.45) is 0 Å². The number of hydrogen-bond acceptors (Lipinski definition) is 6. The van der Waals surface area contributed by atoms with Gasteiger partial charge in [-0.2, -0.15) is 10.2 Å². The number of furan rings is 1. The second-order valence-corrected chi connectivity index (χ2v) is 7.99. The lowest BCUT2D eigenvalue weighted by atomic mass is 10.1. The van der Waals surface area contributed by atoms with Crippen molar-refractivity contribution in [1.29, 1.82) is 0 Å². The molecule has 176 valence electrons. The van der Waals surface area contributed by atoms with E-state index in [4.69, 9.17) is 9.40 Å². The Labute approximate surface area is 203 Å². The van der Waals surface area contributed by atoms with Crippen LogP contribution in [0.3, 0.4) is 0 Å². The number of nitrogens with zero attached hydrogens (tertiary/aromatic N) is 6. The summed E-state index contributed by atoms with van der Waals surface area (Å²) in [6.07, 6.45) is 9.73. The molecule has 0 fully saturated rings. The molecule has 1 amide bonds. The molecule has 5 heterocycles. The Morgan fingerprint density at radius 2 is 1.97 bits per heavy atom. The third kappa shape index (κ3) is 4.00. The summed E-state index contributed by atoms with van der Waals surface area (Å²) in [4.78, 5) is 22.3. The third-order valence-corrected chi connectivity index (χ3v) is 5.65. The number of anilines is 1. The van der Waals surface area contributed by atoms with Crippen LogP contribution in [0.5, 0.6) is 0 Å². The summed E-state index contributed by atoms with van der Waals surface area (Å²) in [6, 6.07) is 15.1. The molecule has 0 atom stereocenters. The van der Waals surface area contributed by atoms with E-state index in [9.17, 15) is 9.18 Å². The minimum Gasteiger partial charge on any atom is -0.467 e. The van der Waals surface area contributed by atoms with Crippen molar-refractivity contribution < 1.29 is 13.6 Å². The van der Waals surface area contributed by atoms with E-state index in [0.29, 0.717) is 40.3 Å². The lowest BCUT2D eigenvalue weighted by Gasteiger charge is -2.11. The standard InChI is InChI=1S/C26H18FN7O2/c27-22-12-18(6-7-24(22)33-10-3-9-29-33)31-26(35)20-13-23(17-4-1-8-28-14-17)32-25-21(20)15-30-34(25)16-19-5-2-11-36-19/h1-15H,16H2,(H,31,35). The molecule has 0 aliphatic heterocycles. The molecule has 0 aliphatic rings. The maximum atomic E-state index is 14.7. The summed E-state index contributed by atoms with van der Waals surface area (Å²) < 4.78 is 23.3. The van der Waals surface area contributed by atoms with Crippen LogP contribution in [-0.2, 0) is 6.54 Å². The third-order valence-electron chi connectivity index (χ3n) is 5.65. The van der Waals surface area contributed by atoms with Crippen molar-refractivity contribution in [3.05, 3.63) is 109 Å². The quantitative estimate of drug-likeness (QED) is 0.371. The van der Waals surface area contributed by atoms with Crippen LogP contribution in [0.15, 0.2) is 96.3 Å². The van der Waals surface area contributed by atoms with Gasteiger partial charge >= 0.3 is 0 Å². The molecule has 0 saturated carbocycles. The fraction of sp³-hybridized carbons (Fsp3) is 0.0385. The van der Waals surface area contributed by atoms with E-state index in [2.05, 4.69) is 20.5 Å². The van der Waals surface area contributed by atoms with Crippen LogP contribution < -0.4 is 5.32 Å². The number of aromatic nitrogens is 6. The predicted octanol–water partition coefficient (Wildman–Crippen LogP) is 4.71. The van der Waals surface area contributed by atoms with Crippen LogP contribution in [0.4, 0.5) is 10.1 Å². The van der Waals surface area contributed by atoms with Gasteiger partial charge in [-0.25, -0.2) is 18.7 Å². The van der Waals surface area contributed by atoms with Crippen LogP contribution >= 0.6 is 0 Å². The average Bonchev–Trinajstić information content (AvgIpc) is 3.68. The van der Waals surface area contributed by atoms with Gasteiger partial charge in [0.25, 0.3) is 5.91 Å². The number of carbonyl (C=O) groups excluding carboxylic acids is 1. The largest absolute Gasteiger partial charge is 0.467 e. The highest BCUT2D eigenvalue weighted by Gasteiger charge is 2.19. The normalized spacial score (nSPS) is 11.1. The summed E-state index contributed by atoms with van der Waals surface area (Å²) in [5.74, 6) is -0.234. The number of pyridine rings is 2. The highest BCUT2D eigenvalue weighted by Crippen LogP contribution is 2.26. The molecule has 10 heteroatoms. The Morgan fingerprint density at radius 3 is 2.72 bits per heavy atom. The van der Waals surface area contributed by atoms with Crippen molar-refractivity contribution >= 4 is 22.6 Å². The number of benzene rings is 1. The zero-order chi connectivity index (χ0) is 24.5. The van der Waals surface area contributed by atoms with Gasteiger partial charge in [-0.1, -0.05) is 0 Å². The van der Waals surface area contributed by atoms with E-state index in [1.807, 2.05) is 12.1 Å². The second kappa shape index (κ2) is 8.91. The summed E-state index contributed by atoms with van der Waals surface area (Å²) in [5, 5.41) is 11.8. The van der Waals surface area contributed by atoms with Gasteiger partial charge < -0.3 is 9.73 Å². The van der Waals surface area contributed by atoms with E-state index < -0.39 is 11.7 Å². The Balaban J connectivity index is 1.39. The van der Waals surface area contributed by atoms with E-state index in [1.165, 1.54) is 10.7 Å². The predicted molar refractivity (Wildman–Crippen MR) is 130 cm³/mol. The highest BCUT2D eigenvalue weighted by atomic mass is 19.1. The van der Waals surface area contributed by atoms with Crippen LogP contribution in [0, 0.1) is 5.82 Å². The minimum atomic E-state index is -0.515. The molecule has 1 aromatic carbocycles. The monoisotopic (exact) mass is 479 g/mol. The van der Waals surface area contributed by atoms with Crippen molar-refractivity contribution in [2.75, 3.05) is 5.32 Å². The zero-order valence-corrected chi connectivity index (χ0v) is 18.7. The summed E-state index contributed by atoms with van der Waals surface area (Å²) in [5.41, 5.74) is 2.75. The fourth-order valence-electron chi connectivity index (χ4n) is 3.94. The Hall–Kier alpha value is -5.12. The Morgan fingerprint density at radius 1 is 1.03 bits per heavy atom. The minimum absolute atomic E-state index is 0.280. The molecular weight excluding hydrogens is 461 g/mol. The molecule has 6 rings (SSSR count). The van der Waals surface area contributed by atoms with Gasteiger partial charge in [0.2, 0.25) is 0 Å². The maximum Gasteiger partial charge on any atom is 0.256 e. The number of fused-ring (bicyclic) bond motifs is 1. The molecule has 0 unspecified atom stereocenters. The number of halogens is 1. The van der Waals surface area contributed by atoms with Crippen LogP contribution in [0.25, 0.3) is 28.0 Å². The van der Waals surface area contributed by atoms with Gasteiger partial charge in [0.15, 0.2) is 11.5 Å². The molecule has 0 spiro atoms. The van der Waals surface area contributed by atoms with Crippen LogP contribution in [0.2, 0.25) is 0 Å². The van der Waals surface area contributed by atoms with E-state index >= 15 is 0 Å². The number of amides is 1. The number of hydrogen-bond donors (Lipinski definition) is 1. The first-order valence-electron chi connectivity index (χ1n) is 11.1. The first kappa shape index (κ1) is 21.4. The topological polar surface area (TPSA) is 104 Å². The van der Waals surface area contributed by atoms with Gasteiger partial charge in [-0.3, -0.25) is 9.78 Å². The molecule has 0 aliphatic carbocycles. The number of nitrogens with one attached hydrogen (secondary N) is 1. The van der Waals surface area contributed by atoms with Crippen molar-refractivity contribution in [2.45, 2.75) is 6.54 Å². The number of rotatable bonds is 6. The Bertz CT molecular complexity index is 1660. The van der Waals surface area contributed by atoms with Crippen LogP contribution in [0.1, 0.15) is 16.1 Å². The molecule has 0 radical (unpaired) electrons. The molecule has 0 saturated heterocycles. The first-order chi connectivity index (χ1) is 17.7. The fourth-order valence-corrected chi connectivity index (χ4v) is 3.94. The van der Waals surface area contributed by atoms with Gasteiger partial charge in [0.1, 0.15) is 18.0 Å². The molecular formula is C26H18FN7O2. The van der Waals surface area contributed by atoms with E-state index in [0.717, 1.165) is 5.56 Å².